The van der Waals surface area contributed by atoms with Gasteiger partial charge in [0.2, 0.25) is 5.91 Å². The van der Waals surface area contributed by atoms with Crippen LogP contribution in [0.15, 0.2) is 58.5 Å². The first-order chi connectivity index (χ1) is 15.1. The van der Waals surface area contributed by atoms with Gasteiger partial charge in [-0.2, -0.15) is 0 Å². The fourth-order valence-corrected chi connectivity index (χ4v) is 4.61. The average Bonchev–Trinajstić information content (AvgIpc) is 2.80. The number of guanidine groups is 1. The molecule has 2 atom stereocenters. The maximum atomic E-state index is 11.6. The van der Waals surface area contributed by atoms with E-state index in [0.29, 0.717) is 18.3 Å². The normalized spacial score (nSPS) is 17.2. The molecule has 2 aromatic rings. The Labute approximate surface area is 212 Å². The van der Waals surface area contributed by atoms with Crippen molar-refractivity contribution in [3.63, 3.8) is 0 Å². The maximum Gasteiger partial charge on any atom is 0.222 e. The van der Waals surface area contributed by atoms with Gasteiger partial charge in [-0.15, -0.1) is 35.7 Å². The van der Waals surface area contributed by atoms with Gasteiger partial charge in [0.25, 0.3) is 0 Å². The number of carbonyl (C=O) groups excluding carboxylic acids is 1. The van der Waals surface area contributed by atoms with Crippen LogP contribution in [0.3, 0.4) is 0 Å². The number of hydrogen-bond donors (Lipinski definition) is 3. The molecule has 2 unspecified atom stereocenters. The van der Waals surface area contributed by atoms with E-state index in [1.807, 2.05) is 23.9 Å². The summed E-state index contributed by atoms with van der Waals surface area (Å²) in [6, 6.07) is 14.4. The second-order valence-electron chi connectivity index (χ2n) is 7.72. The van der Waals surface area contributed by atoms with Crippen molar-refractivity contribution in [2.75, 3.05) is 31.6 Å². The zero-order valence-electron chi connectivity index (χ0n) is 18.7. The monoisotopic (exact) mass is 568 g/mol. The third-order valence-electron chi connectivity index (χ3n) is 5.30. The van der Waals surface area contributed by atoms with Crippen molar-refractivity contribution in [1.29, 1.82) is 0 Å². The van der Waals surface area contributed by atoms with Crippen LogP contribution in [0.4, 0.5) is 5.82 Å². The van der Waals surface area contributed by atoms with E-state index in [-0.39, 0.29) is 35.8 Å². The van der Waals surface area contributed by atoms with Gasteiger partial charge in [-0.3, -0.25) is 9.79 Å². The number of amides is 1. The minimum atomic E-state index is -0.229. The molecule has 1 aromatic heterocycles. The molecule has 7 nitrogen and oxygen atoms in total. The minimum Gasteiger partial charge on any atom is -0.369 e. The number of nitrogens with one attached hydrogen (secondary N) is 2. The van der Waals surface area contributed by atoms with Gasteiger partial charge < -0.3 is 21.3 Å². The standard InChI is InChI=1S/C23H32N6OS.HI/c1-17(31-20-10-4-3-5-11-20)14-27-23(25-2)28-15-18-8-6-12-26-22(18)29-13-7-9-19(16-29)21(24)30;/h3-6,8,10-12,17,19H,7,9,13-16H2,1-2H3,(H2,24,30)(H2,25,27,28);1H. The lowest BCUT2D eigenvalue weighted by Gasteiger charge is -2.33. The predicted molar refractivity (Wildman–Crippen MR) is 144 cm³/mol. The van der Waals surface area contributed by atoms with Crippen LogP contribution in [0.25, 0.3) is 0 Å². The third-order valence-corrected chi connectivity index (χ3v) is 6.41. The van der Waals surface area contributed by atoms with Gasteiger partial charge in [0.05, 0.1) is 5.92 Å². The summed E-state index contributed by atoms with van der Waals surface area (Å²) >= 11 is 1.83. The van der Waals surface area contributed by atoms with E-state index in [9.17, 15) is 4.79 Å². The number of halogens is 1. The highest BCUT2D eigenvalue weighted by Gasteiger charge is 2.26. The molecule has 1 amide bonds. The lowest BCUT2D eigenvalue weighted by molar-refractivity contribution is -0.122. The Morgan fingerprint density at radius 2 is 2.06 bits per heavy atom. The molecule has 0 bridgehead atoms. The Bertz CT molecular complexity index is 882. The molecule has 32 heavy (non-hydrogen) atoms. The molecule has 2 heterocycles. The summed E-state index contributed by atoms with van der Waals surface area (Å²) in [5.41, 5.74) is 6.62. The summed E-state index contributed by atoms with van der Waals surface area (Å²) < 4.78 is 0. The molecule has 174 valence electrons. The van der Waals surface area contributed by atoms with Crippen molar-refractivity contribution >= 4 is 53.4 Å². The number of primary amides is 1. The van der Waals surface area contributed by atoms with Crippen LogP contribution < -0.4 is 21.3 Å². The number of hydrogen-bond acceptors (Lipinski definition) is 5. The minimum absolute atomic E-state index is 0. The second-order valence-corrected chi connectivity index (χ2v) is 9.23. The average molecular weight is 569 g/mol. The number of thioether (sulfide) groups is 1. The first-order valence-corrected chi connectivity index (χ1v) is 11.6. The fourth-order valence-electron chi connectivity index (χ4n) is 3.67. The molecule has 0 aliphatic carbocycles. The predicted octanol–water partition coefficient (Wildman–Crippen LogP) is 3.25. The van der Waals surface area contributed by atoms with Crippen LogP contribution >= 0.6 is 35.7 Å². The molecule has 1 saturated heterocycles. The number of pyridine rings is 1. The highest BCUT2D eigenvalue weighted by Crippen LogP contribution is 2.24. The van der Waals surface area contributed by atoms with E-state index >= 15 is 0 Å². The number of carbonyl (C=O) groups is 1. The molecule has 0 saturated carbocycles. The molecular formula is C23H33IN6OS. The quantitative estimate of drug-likeness (QED) is 0.196. The van der Waals surface area contributed by atoms with E-state index in [1.54, 1.807) is 13.2 Å². The van der Waals surface area contributed by atoms with Crippen LogP contribution in [0.5, 0.6) is 0 Å². The van der Waals surface area contributed by atoms with E-state index in [4.69, 9.17) is 5.73 Å². The Hall–Kier alpha value is -2.01. The van der Waals surface area contributed by atoms with Gasteiger partial charge in [0.1, 0.15) is 5.82 Å². The van der Waals surface area contributed by atoms with Crippen molar-refractivity contribution in [3.05, 3.63) is 54.2 Å². The molecule has 0 radical (unpaired) electrons. The fraction of sp³-hybridized carbons (Fsp3) is 0.435. The lowest BCUT2D eigenvalue weighted by Crippen LogP contribution is -2.42. The summed E-state index contributed by atoms with van der Waals surface area (Å²) in [6.45, 7) is 5.10. The number of benzene rings is 1. The molecule has 4 N–H and O–H groups in total. The van der Waals surface area contributed by atoms with Crippen LogP contribution in [-0.4, -0.2) is 48.8 Å². The van der Waals surface area contributed by atoms with E-state index in [2.05, 4.69) is 62.8 Å². The molecular weight excluding hydrogens is 535 g/mol. The van der Waals surface area contributed by atoms with Gasteiger partial charge in [0.15, 0.2) is 5.96 Å². The number of aliphatic imine (C=N–C) groups is 1. The number of nitrogens with two attached hydrogens (primary N) is 1. The molecule has 1 aliphatic heterocycles. The zero-order chi connectivity index (χ0) is 22.1. The van der Waals surface area contributed by atoms with Crippen LogP contribution in [-0.2, 0) is 11.3 Å². The third kappa shape index (κ3) is 7.84. The van der Waals surface area contributed by atoms with Gasteiger partial charge in [-0.1, -0.05) is 31.2 Å². The Morgan fingerprint density at radius 1 is 1.28 bits per heavy atom. The van der Waals surface area contributed by atoms with Crippen molar-refractivity contribution in [2.24, 2.45) is 16.6 Å². The Morgan fingerprint density at radius 3 is 2.78 bits per heavy atom. The van der Waals surface area contributed by atoms with Gasteiger partial charge in [-0.25, -0.2) is 4.98 Å². The van der Waals surface area contributed by atoms with Gasteiger partial charge >= 0.3 is 0 Å². The smallest absolute Gasteiger partial charge is 0.222 e. The van der Waals surface area contributed by atoms with E-state index in [1.165, 1.54) is 4.90 Å². The van der Waals surface area contributed by atoms with E-state index < -0.39 is 0 Å². The largest absolute Gasteiger partial charge is 0.369 e. The van der Waals surface area contributed by atoms with Crippen LogP contribution in [0, 0.1) is 5.92 Å². The highest BCUT2D eigenvalue weighted by atomic mass is 127. The Kier molecular flexibility index (Phi) is 11.1. The molecule has 0 spiro atoms. The molecule has 9 heteroatoms. The zero-order valence-corrected chi connectivity index (χ0v) is 21.8. The second kappa shape index (κ2) is 13.5. The highest BCUT2D eigenvalue weighted by molar-refractivity contribution is 14.0. The van der Waals surface area contributed by atoms with Crippen LogP contribution in [0.2, 0.25) is 0 Å². The summed E-state index contributed by atoms with van der Waals surface area (Å²) in [4.78, 5) is 24.0. The number of aromatic nitrogens is 1. The maximum absolute atomic E-state index is 11.6. The first kappa shape index (κ1) is 26.2. The Balaban J connectivity index is 0.00000363. The molecule has 1 aromatic carbocycles. The first-order valence-electron chi connectivity index (χ1n) is 10.7. The molecule has 1 aliphatic rings. The summed E-state index contributed by atoms with van der Waals surface area (Å²) in [5, 5.41) is 7.19. The van der Waals surface area contributed by atoms with Crippen LogP contribution in [0.1, 0.15) is 25.3 Å². The van der Waals surface area contributed by atoms with Gasteiger partial charge in [0, 0.05) is 55.1 Å². The van der Waals surface area contributed by atoms with Crippen molar-refractivity contribution in [3.8, 4) is 0 Å². The summed E-state index contributed by atoms with van der Waals surface area (Å²) in [5.74, 6) is 1.32. The summed E-state index contributed by atoms with van der Waals surface area (Å²) in [6.07, 6.45) is 3.58. The molecule has 3 rings (SSSR count). The summed E-state index contributed by atoms with van der Waals surface area (Å²) in [7, 11) is 1.77. The number of rotatable bonds is 8. The van der Waals surface area contributed by atoms with Crippen molar-refractivity contribution in [1.82, 2.24) is 15.6 Å². The topological polar surface area (TPSA) is 95.6 Å². The molecule has 1 fully saturated rings. The number of anilines is 1. The van der Waals surface area contributed by atoms with E-state index in [0.717, 1.165) is 43.3 Å². The van der Waals surface area contributed by atoms with Crippen molar-refractivity contribution in [2.45, 2.75) is 36.5 Å². The lowest BCUT2D eigenvalue weighted by atomic mass is 9.97. The number of piperidine rings is 1. The van der Waals surface area contributed by atoms with Crippen molar-refractivity contribution < 1.29 is 4.79 Å². The SMILES string of the molecule is CN=C(NCc1cccnc1N1CCCC(C(N)=O)C1)NCC(C)Sc1ccccc1.I. The van der Waals surface area contributed by atoms with Gasteiger partial charge in [-0.05, 0) is 31.0 Å². The number of nitrogens with zero attached hydrogens (tertiary/aromatic N) is 3.